The summed E-state index contributed by atoms with van der Waals surface area (Å²) in [5, 5.41) is 13.9. The molecule has 33 heavy (non-hydrogen) atoms. The molecule has 8 nitrogen and oxygen atoms in total. The number of carbonyl (C=O) groups is 3. The average molecular weight is 445 g/mol. The third-order valence-electron chi connectivity index (χ3n) is 5.41. The van der Waals surface area contributed by atoms with Crippen molar-refractivity contribution in [1.82, 2.24) is 10.3 Å². The van der Waals surface area contributed by atoms with E-state index in [1.165, 1.54) is 6.07 Å². The minimum absolute atomic E-state index is 0.0590. The first-order valence-electron chi connectivity index (χ1n) is 10.5. The van der Waals surface area contributed by atoms with Crippen molar-refractivity contribution in [3.8, 4) is 11.1 Å². The molecule has 0 bridgehead atoms. The van der Waals surface area contributed by atoms with Gasteiger partial charge < -0.3 is 15.2 Å². The number of hydrogen-bond acceptors (Lipinski definition) is 5. The topological polar surface area (TPSA) is 118 Å². The van der Waals surface area contributed by atoms with Gasteiger partial charge in [0.1, 0.15) is 18.1 Å². The Hall–Kier alpha value is -4.20. The first-order chi connectivity index (χ1) is 15.9. The number of ether oxygens (including phenoxy) is 1. The van der Waals surface area contributed by atoms with Crippen molar-refractivity contribution in [3.63, 3.8) is 0 Å². The number of aromatic nitrogens is 1. The van der Waals surface area contributed by atoms with Gasteiger partial charge in [-0.05, 0) is 41.3 Å². The molecule has 1 atom stereocenters. The second-order valence-electron chi connectivity index (χ2n) is 7.83. The van der Waals surface area contributed by atoms with Crippen molar-refractivity contribution in [2.75, 3.05) is 11.9 Å². The molecule has 2 aromatic carbocycles. The summed E-state index contributed by atoms with van der Waals surface area (Å²) in [4.78, 5) is 39.6. The zero-order valence-electron chi connectivity index (χ0n) is 17.9. The minimum atomic E-state index is -1.01. The molecule has 2 amide bonds. The first-order valence-corrected chi connectivity index (χ1v) is 10.5. The summed E-state index contributed by atoms with van der Waals surface area (Å²) in [7, 11) is 0. The molecule has 4 rings (SSSR count). The van der Waals surface area contributed by atoms with Crippen molar-refractivity contribution in [3.05, 3.63) is 83.6 Å². The number of benzene rings is 2. The SMILES string of the molecule is CC(CC(=O)O)NC(=O)c1cccc(NC(=O)OCC2c3ccccc3-c3ccccc32)n1. The van der Waals surface area contributed by atoms with Crippen LogP contribution < -0.4 is 10.6 Å². The number of nitrogens with one attached hydrogen (secondary N) is 2. The predicted molar refractivity (Wildman–Crippen MR) is 122 cm³/mol. The molecule has 0 spiro atoms. The van der Waals surface area contributed by atoms with E-state index >= 15 is 0 Å². The molecular formula is C25H23N3O5. The first kappa shape index (κ1) is 22.0. The summed E-state index contributed by atoms with van der Waals surface area (Å²) >= 11 is 0. The number of aliphatic carboxylic acids is 1. The van der Waals surface area contributed by atoms with Crippen LogP contribution in [0.4, 0.5) is 10.6 Å². The van der Waals surface area contributed by atoms with Crippen molar-refractivity contribution in [1.29, 1.82) is 0 Å². The summed E-state index contributed by atoms with van der Waals surface area (Å²) < 4.78 is 5.50. The lowest BCUT2D eigenvalue weighted by Gasteiger charge is -2.15. The highest BCUT2D eigenvalue weighted by Crippen LogP contribution is 2.44. The molecule has 0 saturated heterocycles. The second kappa shape index (κ2) is 9.52. The third-order valence-corrected chi connectivity index (χ3v) is 5.41. The molecule has 3 N–H and O–H groups in total. The molecule has 0 fully saturated rings. The number of hydrogen-bond donors (Lipinski definition) is 3. The molecule has 1 aliphatic rings. The van der Waals surface area contributed by atoms with Gasteiger partial charge in [0.15, 0.2) is 0 Å². The van der Waals surface area contributed by atoms with Crippen LogP contribution in [-0.2, 0) is 9.53 Å². The monoisotopic (exact) mass is 445 g/mol. The van der Waals surface area contributed by atoms with Gasteiger partial charge in [0, 0.05) is 12.0 Å². The van der Waals surface area contributed by atoms with Crippen molar-refractivity contribution < 1.29 is 24.2 Å². The lowest BCUT2D eigenvalue weighted by Crippen LogP contribution is -2.34. The number of carboxylic acids is 1. The van der Waals surface area contributed by atoms with E-state index < -0.39 is 24.0 Å². The van der Waals surface area contributed by atoms with Gasteiger partial charge in [-0.1, -0.05) is 54.6 Å². The summed E-state index contributed by atoms with van der Waals surface area (Å²) in [5.41, 5.74) is 4.56. The van der Waals surface area contributed by atoms with Gasteiger partial charge in [-0.3, -0.25) is 14.9 Å². The van der Waals surface area contributed by atoms with Crippen LogP contribution in [0.1, 0.15) is 40.9 Å². The normalized spacial score (nSPS) is 12.9. The Morgan fingerprint density at radius 3 is 2.24 bits per heavy atom. The predicted octanol–water partition coefficient (Wildman–Crippen LogP) is 4.04. The Kier molecular flexibility index (Phi) is 6.35. The van der Waals surface area contributed by atoms with Crippen LogP contribution in [0, 0.1) is 0 Å². The van der Waals surface area contributed by atoms with Gasteiger partial charge in [0.2, 0.25) is 0 Å². The maximum atomic E-state index is 12.4. The van der Waals surface area contributed by atoms with E-state index in [0.29, 0.717) is 0 Å². The van der Waals surface area contributed by atoms with Gasteiger partial charge in [-0.2, -0.15) is 0 Å². The number of nitrogens with zero attached hydrogens (tertiary/aromatic N) is 1. The lowest BCUT2D eigenvalue weighted by molar-refractivity contribution is -0.137. The van der Waals surface area contributed by atoms with Crippen molar-refractivity contribution in [2.45, 2.75) is 25.3 Å². The van der Waals surface area contributed by atoms with Gasteiger partial charge >= 0.3 is 12.1 Å². The zero-order valence-corrected chi connectivity index (χ0v) is 17.9. The van der Waals surface area contributed by atoms with E-state index in [9.17, 15) is 14.4 Å². The third kappa shape index (κ3) is 5.01. The molecule has 8 heteroatoms. The van der Waals surface area contributed by atoms with Crippen LogP contribution in [0.3, 0.4) is 0 Å². The van der Waals surface area contributed by atoms with Gasteiger partial charge in [0.05, 0.1) is 6.42 Å². The van der Waals surface area contributed by atoms with Crippen molar-refractivity contribution in [2.24, 2.45) is 0 Å². The van der Waals surface area contributed by atoms with Gasteiger partial charge in [0.25, 0.3) is 5.91 Å². The highest BCUT2D eigenvalue weighted by molar-refractivity contribution is 5.93. The molecule has 3 aromatic rings. The van der Waals surface area contributed by atoms with Crippen LogP contribution in [0.25, 0.3) is 11.1 Å². The average Bonchev–Trinajstić information content (AvgIpc) is 3.11. The van der Waals surface area contributed by atoms with Crippen LogP contribution in [0.2, 0.25) is 0 Å². The van der Waals surface area contributed by atoms with E-state index in [-0.39, 0.29) is 30.5 Å². The molecule has 1 heterocycles. The summed E-state index contributed by atoms with van der Waals surface area (Å²) in [5.74, 6) is -1.45. The fourth-order valence-electron chi connectivity index (χ4n) is 3.98. The molecule has 1 aromatic heterocycles. The smallest absolute Gasteiger partial charge is 0.412 e. The van der Waals surface area contributed by atoms with Crippen molar-refractivity contribution >= 4 is 23.8 Å². The van der Waals surface area contributed by atoms with Crippen LogP contribution in [-0.4, -0.2) is 40.7 Å². The van der Waals surface area contributed by atoms with Gasteiger partial charge in [-0.25, -0.2) is 9.78 Å². The van der Waals surface area contributed by atoms with Crippen LogP contribution >= 0.6 is 0 Å². The Morgan fingerprint density at radius 1 is 0.970 bits per heavy atom. The molecule has 0 saturated carbocycles. The fourth-order valence-corrected chi connectivity index (χ4v) is 3.98. The van der Waals surface area contributed by atoms with E-state index in [1.54, 1.807) is 19.1 Å². The maximum absolute atomic E-state index is 12.4. The Bertz CT molecular complexity index is 1160. The number of pyridine rings is 1. The van der Waals surface area contributed by atoms with E-state index in [0.717, 1.165) is 22.3 Å². The molecule has 1 aliphatic carbocycles. The lowest BCUT2D eigenvalue weighted by atomic mass is 9.98. The Balaban J connectivity index is 1.39. The number of fused-ring (bicyclic) bond motifs is 3. The number of amides is 2. The number of anilines is 1. The van der Waals surface area contributed by atoms with Gasteiger partial charge in [-0.15, -0.1) is 0 Å². The van der Waals surface area contributed by atoms with E-state index in [1.807, 2.05) is 36.4 Å². The molecule has 0 aliphatic heterocycles. The summed E-state index contributed by atoms with van der Waals surface area (Å²) in [6.07, 6.45) is -0.884. The second-order valence-corrected chi connectivity index (χ2v) is 7.83. The fraction of sp³-hybridized carbons (Fsp3) is 0.200. The number of carbonyl (C=O) groups excluding carboxylic acids is 2. The van der Waals surface area contributed by atoms with E-state index in [4.69, 9.17) is 9.84 Å². The Labute approximate surface area is 190 Å². The van der Waals surface area contributed by atoms with Crippen LogP contribution in [0.15, 0.2) is 66.7 Å². The summed E-state index contributed by atoms with van der Waals surface area (Å²) in [6.45, 7) is 1.75. The standard InChI is InChI=1S/C25H23N3O5/c1-15(13-23(29)30)26-24(31)21-11-6-12-22(27-21)28-25(32)33-14-20-18-9-4-2-7-16(18)17-8-3-5-10-19(17)20/h2-12,15,20H,13-14H2,1H3,(H,26,31)(H,29,30)(H,27,28,32). The zero-order chi connectivity index (χ0) is 23.4. The molecular weight excluding hydrogens is 422 g/mol. The summed E-state index contributed by atoms with van der Waals surface area (Å²) in [6, 6.07) is 20.1. The van der Waals surface area contributed by atoms with E-state index in [2.05, 4.69) is 27.8 Å². The highest BCUT2D eigenvalue weighted by Gasteiger charge is 2.29. The van der Waals surface area contributed by atoms with Crippen LogP contribution in [0.5, 0.6) is 0 Å². The number of carboxylic acid groups (broad SMARTS) is 1. The highest BCUT2D eigenvalue weighted by atomic mass is 16.5. The number of rotatable bonds is 7. The maximum Gasteiger partial charge on any atom is 0.412 e. The largest absolute Gasteiger partial charge is 0.481 e. The quantitative estimate of drug-likeness (QED) is 0.505. The minimum Gasteiger partial charge on any atom is -0.481 e. The molecule has 1 unspecified atom stereocenters. The Morgan fingerprint density at radius 2 is 1.61 bits per heavy atom. The molecule has 0 radical (unpaired) electrons. The molecule has 168 valence electrons.